The smallest absolute Gasteiger partial charge is 0.244 e. The van der Waals surface area contributed by atoms with Gasteiger partial charge in [-0.1, -0.05) is 48.4 Å². The fraction of sp³-hybridized carbons (Fsp3) is 0.417. The molecule has 180 valence electrons. The number of sulfonamides is 1. The van der Waals surface area contributed by atoms with Gasteiger partial charge in [-0.15, -0.1) is 0 Å². The highest BCUT2D eigenvalue weighted by Gasteiger charge is 2.31. The van der Waals surface area contributed by atoms with Crippen LogP contribution in [-0.2, 0) is 26.2 Å². The van der Waals surface area contributed by atoms with Crippen molar-refractivity contribution in [3.8, 4) is 0 Å². The summed E-state index contributed by atoms with van der Waals surface area (Å²) in [6.07, 6.45) is 1.43. The molecule has 9 heteroatoms. The lowest BCUT2D eigenvalue weighted by molar-refractivity contribution is -0.140. The van der Waals surface area contributed by atoms with Gasteiger partial charge in [0.1, 0.15) is 12.6 Å². The molecule has 0 radical (unpaired) electrons. The van der Waals surface area contributed by atoms with E-state index in [0.717, 1.165) is 21.7 Å². The minimum Gasteiger partial charge on any atom is -0.352 e. The number of benzene rings is 2. The molecule has 0 saturated carbocycles. The summed E-state index contributed by atoms with van der Waals surface area (Å²) in [4.78, 5) is 27.9. The summed E-state index contributed by atoms with van der Waals surface area (Å²) in [6.45, 7) is 7.23. The van der Waals surface area contributed by atoms with E-state index >= 15 is 0 Å². The van der Waals surface area contributed by atoms with E-state index in [-0.39, 0.29) is 18.5 Å². The zero-order valence-corrected chi connectivity index (χ0v) is 21.3. The number of carbonyl (C=O) groups excluding carboxylic acids is 2. The van der Waals surface area contributed by atoms with Gasteiger partial charge in [0.05, 0.1) is 11.9 Å². The lowest BCUT2D eigenvalue weighted by Crippen LogP contribution is -2.53. The maximum absolute atomic E-state index is 13.5. The molecule has 1 atom stereocenters. The molecule has 0 heterocycles. The monoisotopic (exact) mass is 493 g/mol. The number of nitrogens with one attached hydrogen (secondary N) is 1. The van der Waals surface area contributed by atoms with Crippen molar-refractivity contribution in [3.63, 3.8) is 0 Å². The van der Waals surface area contributed by atoms with Gasteiger partial charge in [-0.05, 0) is 57.0 Å². The molecule has 2 aromatic carbocycles. The molecule has 0 fully saturated rings. The Hall–Kier alpha value is -2.58. The fourth-order valence-electron chi connectivity index (χ4n) is 3.53. The maximum Gasteiger partial charge on any atom is 0.244 e. The SMILES string of the molecule is CCC(C(=O)NC(C)C)N(Cc1cccc(C)c1)C(=O)CN(c1ccc(Cl)cc1)S(C)(=O)=O. The van der Waals surface area contributed by atoms with Crippen LogP contribution < -0.4 is 9.62 Å². The number of aryl methyl sites for hydroxylation is 1. The van der Waals surface area contributed by atoms with Crippen molar-refractivity contribution in [1.82, 2.24) is 10.2 Å². The Labute approximate surface area is 201 Å². The molecular formula is C24H32ClN3O4S. The number of amides is 2. The minimum absolute atomic E-state index is 0.0935. The number of anilines is 1. The third kappa shape index (κ3) is 7.75. The van der Waals surface area contributed by atoms with E-state index in [4.69, 9.17) is 11.6 Å². The standard InChI is InChI=1S/C24H32ClN3O4S/c1-6-22(24(30)26-17(2)3)27(15-19-9-7-8-18(4)14-19)23(29)16-28(33(5,31)32)21-12-10-20(25)11-13-21/h7-14,17,22H,6,15-16H2,1-5H3,(H,26,30). The quantitative estimate of drug-likeness (QED) is 0.546. The van der Waals surface area contributed by atoms with Gasteiger partial charge in [0.2, 0.25) is 21.8 Å². The van der Waals surface area contributed by atoms with Crippen molar-refractivity contribution in [2.75, 3.05) is 17.1 Å². The molecule has 0 aliphatic rings. The Kier molecular flexibility index (Phi) is 9.31. The topological polar surface area (TPSA) is 86.8 Å². The Morgan fingerprint density at radius 1 is 1.09 bits per heavy atom. The number of hydrogen-bond acceptors (Lipinski definition) is 4. The molecule has 1 unspecified atom stereocenters. The van der Waals surface area contributed by atoms with Crippen LogP contribution in [-0.4, -0.2) is 50.0 Å². The van der Waals surface area contributed by atoms with Crippen molar-refractivity contribution >= 4 is 39.1 Å². The van der Waals surface area contributed by atoms with Crippen molar-refractivity contribution < 1.29 is 18.0 Å². The summed E-state index contributed by atoms with van der Waals surface area (Å²) in [5.74, 6) is -0.742. The number of rotatable bonds is 10. The van der Waals surface area contributed by atoms with Crippen molar-refractivity contribution in [3.05, 3.63) is 64.7 Å². The van der Waals surface area contributed by atoms with Gasteiger partial charge in [-0.2, -0.15) is 0 Å². The minimum atomic E-state index is -3.77. The second-order valence-corrected chi connectivity index (χ2v) is 10.7. The summed E-state index contributed by atoms with van der Waals surface area (Å²) in [5, 5.41) is 3.32. The van der Waals surface area contributed by atoms with Gasteiger partial charge in [0.15, 0.2) is 0 Å². The number of hydrogen-bond donors (Lipinski definition) is 1. The summed E-state index contributed by atoms with van der Waals surface area (Å²) >= 11 is 5.94. The molecule has 0 spiro atoms. The average molecular weight is 494 g/mol. The average Bonchev–Trinajstić information content (AvgIpc) is 2.71. The van der Waals surface area contributed by atoms with Gasteiger partial charge in [-0.3, -0.25) is 13.9 Å². The Balaban J connectivity index is 2.43. The molecule has 2 aromatic rings. The second-order valence-electron chi connectivity index (χ2n) is 8.34. The number of halogens is 1. The molecule has 2 amide bonds. The predicted molar refractivity (Wildman–Crippen MR) is 133 cm³/mol. The second kappa shape index (κ2) is 11.5. The summed E-state index contributed by atoms with van der Waals surface area (Å²) < 4.78 is 26.1. The van der Waals surface area contributed by atoms with Crippen LogP contribution in [0.1, 0.15) is 38.3 Å². The van der Waals surface area contributed by atoms with Crippen molar-refractivity contribution in [2.45, 2.75) is 52.7 Å². The molecule has 0 aromatic heterocycles. The highest BCUT2D eigenvalue weighted by atomic mass is 35.5. The van der Waals surface area contributed by atoms with E-state index in [1.54, 1.807) is 24.3 Å². The zero-order valence-electron chi connectivity index (χ0n) is 19.7. The van der Waals surface area contributed by atoms with Gasteiger partial charge in [-0.25, -0.2) is 8.42 Å². The molecule has 0 saturated heterocycles. The predicted octanol–water partition coefficient (Wildman–Crippen LogP) is 3.75. The Morgan fingerprint density at radius 2 is 1.73 bits per heavy atom. The molecule has 2 rings (SSSR count). The molecule has 7 nitrogen and oxygen atoms in total. The van der Waals surface area contributed by atoms with Crippen LogP contribution in [0.4, 0.5) is 5.69 Å². The highest BCUT2D eigenvalue weighted by Crippen LogP contribution is 2.22. The number of carbonyl (C=O) groups is 2. The largest absolute Gasteiger partial charge is 0.352 e. The van der Waals surface area contributed by atoms with Crippen LogP contribution in [0.5, 0.6) is 0 Å². The van der Waals surface area contributed by atoms with E-state index in [1.807, 2.05) is 52.0 Å². The molecular weight excluding hydrogens is 462 g/mol. The van der Waals surface area contributed by atoms with Crippen LogP contribution in [0.3, 0.4) is 0 Å². The lowest BCUT2D eigenvalue weighted by atomic mass is 10.1. The summed E-state index contributed by atoms with van der Waals surface area (Å²) in [5.41, 5.74) is 2.21. The van der Waals surface area contributed by atoms with E-state index in [0.29, 0.717) is 17.1 Å². The van der Waals surface area contributed by atoms with Crippen LogP contribution in [0, 0.1) is 6.92 Å². The third-order valence-electron chi connectivity index (χ3n) is 5.05. The normalized spacial score (nSPS) is 12.3. The first-order valence-electron chi connectivity index (χ1n) is 10.8. The van der Waals surface area contributed by atoms with Gasteiger partial charge < -0.3 is 10.2 Å². The first-order chi connectivity index (χ1) is 15.4. The van der Waals surface area contributed by atoms with Crippen LogP contribution >= 0.6 is 11.6 Å². The van der Waals surface area contributed by atoms with Gasteiger partial charge in [0, 0.05) is 17.6 Å². The van der Waals surface area contributed by atoms with Crippen molar-refractivity contribution in [1.29, 1.82) is 0 Å². The first kappa shape index (κ1) is 26.7. The van der Waals surface area contributed by atoms with Crippen LogP contribution in [0.2, 0.25) is 5.02 Å². The lowest BCUT2D eigenvalue weighted by Gasteiger charge is -2.33. The van der Waals surface area contributed by atoms with E-state index in [9.17, 15) is 18.0 Å². The first-order valence-corrected chi connectivity index (χ1v) is 13.0. The summed E-state index contributed by atoms with van der Waals surface area (Å²) in [6, 6.07) is 13.0. The molecule has 0 bridgehead atoms. The van der Waals surface area contributed by atoms with E-state index in [1.165, 1.54) is 4.90 Å². The molecule has 0 aliphatic heterocycles. The molecule has 0 aliphatic carbocycles. The fourth-order valence-corrected chi connectivity index (χ4v) is 4.50. The summed E-state index contributed by atoms with van der Waals surface area (Å²) in [7, 11) is -3.77. The zero-order chi connectivity index (χ0) is 24.8. The van der Waals surface area contributed by atoms with Crippen LogP contribution in [0.15, 0.2) is 48.5 Å². The third-order valence-corrected chi connectivity index (χ3v) is 6.44. The van der Waals surface area contributed by atoms with Crippen LogP contribution in [0.25, 0.3) is 0 Å². The van der Waals surface area contributed by atoms with E-state index in [2.05, 4.69) is 5.32 Å². The number of nitrogens with zero attached hydrogens (tertiary/aromatic N) is 2. The maximum atomic E-state index is 13.5. The Bertz CT molecular complexity index is 1070. The molecule has 33 heavy (non-hydrogen) atoms. The van der Waals surface area contributed by atoms with Gasteiger partial charge >= 0.3 is 0 Å². The van der Waals surface area contributed by atoms with E-state index < -0.39 is 28.5 Å². The van der Waals surface area contributed by atoms with Gasteiger partial charge in [0.25, 0.3) is 0 Å². The molecule has 1 N–H and O–H groups in total. The Morgan fingerprint density at radius 3 is 2.24 bits per heavy atom. The highest BCUT2D eigenvalue weighted by molar-refractivity contribution is 7.92. The van der Waals surface area contributed by atoms with Crippen molar-refractivity contribution in [2.24, 2.45) is 0 Å².